The number of ether oxygens (including phenoxy) is 1. The first-order valence-electron chi connectivity index (χ1n) is 6.09. The molecule has 1 aliphatic rings. The third-order valence-corrected chi connectivity index (χ3v) is 3.17. The second kappa shape index (κ2) is 6.09. The normalized spacial score (nSPS) is 19.2. The first-order valence-corrected chi connectivity index (χ1v) is 6.09. The van der Waals surface area contributed by atoms with Crippen LogP contribution in [0, 0.1) is 0 Å². The topological polar surface area (TPSA) is 55.5 Å². The predicted molar refractivity (Wildman–Crippen MR) is 68.8 cm³/mol. The van der Waals surface area contributed by atoms with Gasteiger partial charge in [0.25, 0.3) is 0 Å². The summed E-state index contributed by atoms with van der Waals surface area (Å²) in [5, 5.41) is 9.79. The average molecular weight is 251 g/mol. The van der Waals surface area contributed by atoms with Crippen molar-refractivity contribution < 1.29 is 14.2 Å². The van der Waals surface area contributed by atoms with Crippen molar-refractivity contribution in [3.05, 3.63) is 41.5 Å². The lowest BCUT2D eigenvalue weighted by atomic mass is 9.97. The summed E-state index contributed by atoms with van der Waals surface area (Å²) in [6.07, 6.45) is 2.00. The molecule has 0 bridgehead atoms. The van der Waals surface area contributed by atoms with Crippen LogP contribution in [0.15, 0.2) is 30.3 Å². The van der Waals surface area contributed by atoms with Gasteiger partial charge in [0, 0.05) is 0 Å². The Morgan fingerprint density at radius 3 is 2.61 bits per heavy atom. The van der Waals surface area contributed by atoms with Crippen molar-refractivity contribution in [3.63, 3.8) is 0 Å². The molecular formula is C14H18FNO2. The SMILES string of the molecule is N[C@H](CF)[C@H](O)c1ccc(C2=CCOCC2)cc1. The van der Waals surface area contributed by atoms with Crippen LogP contribution in [0.5, 0.6) is 0 Å². The van der Waals surface area contributed by atoms with Gasteiger partial charge in [0.05, 0.1) is 25.4 Å². The molecule has 98 valence electrons. The minimum Gasteiger partial charge on any atom is -0.387 e. The fourth-order valence-electron chi connectivity index (χ4n) is 2.02. The highest BCUT2D eigenvalue weighted by molar-refractivity contribution is 5.66. The van der Waals surface area contributed by atoms with E-state index in [0.29, 0.717) is 12.2 Å². The highest BCUT2D eigenvalue weighted by atomic mass is 19.1. The monoisotopic (exact) mass is 251 g/mol. The predicted octanol–water partition coefficient (Wildman–Crippen LogP) is 1.82. The quantitative estimate of drug-likeness (QED) is 0.858. The van der Waals surface area contributed by atoms with Crippen LogP contribution in [0.3, 0.4) is 0 Å². The van der Waals surface area contributed by atoms with Crippen LogP contribution in [0.1, 0.15) is 23.7 Å². The maximum absolute atomic E-state index is 12.4. The minimum atomic E-state index is -0.951. The van der Waals surface area contributed by atoms with E-state index in [1.54, 1.807) is 12.1 Å². The minimum absolute atomic E-state index is 0.645. The van der Waals surface area contributed by atoms with Gasteiger partial charge >= 0.3 is 0 Å². The molecule has 1 aromatic carbocycles. The zero-order chi connectivity index (χ0) is 13.0. The Morgan fingerprint density at radius 2 is 2.06 bits per heavy atom. The van der Waals surface area contributed by atoms with Crippen molar-refractivity contribution in [2.24, 2.45) is 5.73 Å². The zero-order valence-electron chi connectivity index (χ0n) is 10.2. The van der Waals surface area contributed by atoms with Gasteiger partial charge in [0.2, 0.25) is 0 Å². The maximum atomic E-state index is 12.4. The number of hydrogen-bond donors (Lipinski definition) is 2. The molecule has 0 spiro atoms. The summed E-state index contributed by atoms with van der Waals surface area (Å²) in [6.45, 7) is 0.654. The number of alkyl halides is 1. The van der Waals surface area contributed by atoms with Crippen molar-refractivity contribution in [1.82, 2.24) is 0 Å². The van der Waals surface area contributed by atoms with Crippen molar-refractivity contribution in [3.8, 4) is 0 Å². The van der Waals surface area contributed by atoms with E-state index in [-0.39, 0.29) is 0 Å². The van der Waals surface area contributed by atoms with Gasteiger partial charge in [-0.3, -0.25) is 0 Å². The molecule has 0 amide bonds. The Morgan fingerprint density at radius 1 is 1.33 bits per heavy atom. The number of rotatable bonds is 4. The molecule has 2 rings (SSSR count). The largest absolute Gasteiger partial charge is 0.387 e. The first kappa shape index (κ1) is 13.2. The second-order valence-electron chi connectivity index (χ2n) is 4.44. The first-order chi connectivity index (χ1) is 8.72. The summed E-state index contributed by atoms with van der Waals surface area (Å²) in [6, 6.07) is 6.59. The molecule has 1 heterocycles. The van der Waals surface area contributed by atoms with E-state index < -0.39 is 18.8 Å². The summed E-state index contributed by atoms with van der Waals surface area (Å²) >= 11 is 0. The summed E-state index contributed by atoms with van der Waals surface area (Å²) in [7, 11) is 0. The van der Waals surface area contributed by atoms with Gasteiger partial charge in [-0.25, -0.2) is 4.39 Å². The van der Waals surface area contributed by atoms with Crippen LogP contribution in [0.4, 0.5) is 4.39 Å². The van der Waals surface area contributed by atoms with Gasteiger partial charge in [-0.1, -0.05) is 30.3 Å². The number of benzene rings is 1. The van der Waals surface area contributed by atoms with Crippen LogP contribution in [0.25, 0.3) is 5.57 Å². The smallest absolute Gasteiger partial charge is 0.107 e. The van der Waals surface area contributed by atoms with Crippen LogP contribution >= 0.6 is 0 Å². The van der Waals surface area contributed by atoms with Crippen molar-refractivity contribution in [1.29, 1.82) is 0 Å². The van der Waals surface area contributed by atoms with E-state index in [1.165, 1.54) is 5.57 Å². The summed E-state index contributed by atoms with van der Waals surface area (Å²) in [5.74, 6) is 0. The van der Waals surface area contributed by atoms with E-state index in [0.717, 1.165) is 18.6 Å². The van der Waals surface area contributed by atoms with Gasteiger partial charge in [-0.2, -0.15) is 0 Å². The fourth-order valence-corrected chi connectivity index (χ4v) is 2.02. The van der Waals surface area contributed by atoms with Crippen molar-refractivity contribution in [2.75, 3.05) is 19.9 Å². The second-order valence-corrected chi connectivity index (χ2v) is 4.44. The molecule has 4 heteroatoms. The van der Waals surface area contributed by atoms with Crippen LogP contribution in [-0.2, 0) is 4.74 Å². The van der Waals surface area contributed by atoms with Crippen molar-refractivity contribution >= 4 is 5.57 Å². The summed E-state index contributed by atoms with van der Waals surface area (Å²) in [5.41, 5.74) is 8.49. The molecule has 0 saturated carbocycles. The van der Waals surface area contributed by atoms with Gasteiger partial charge in [0.15, 0.2) is 0 Å². The van der Waals surface area contributed by atoms with E-state index in [9.17, 15) is 9.50 Å². The third-order valence-electron chi connectivity index (χ3n) is 3.17. The standard InChI is InChI=1S/C14H18FNO2/c15-9-13(16)14(17)12-3-1-10(2-4-12)11-5-7-18-8-6-11/h1-5,13-14,17H,6-9,16H2/t13-,14-/m1/s1. The van der Waals surface area contributed by atoms with Gasteiger partial charge in [-0.05, 0) is 23.1 Å². The van der Waals surface area contributed by atoms with Crippen LogP contribution < -0.4 is 5.73 Å². The molecule has 3 nitrogen and oxygen atoms in total. The molecule has 1 aliphatic heterocycles. The Labute approximate surface area is 106 Å². The lowest BCUT2D eigenvalue weighted by Gasteiger charge is -2.18. The van der Waals surface area contributed by atoms with E-state index in [4.69, 9.17) is 10.5 Å². The molecule has 0 fully saturated rings. The molecule has 18 heavy (non-hydrogen) atoms. The summed E-state index contributed by atoms with van der Waals surface area (Å²) < 4.78 is 17.6. The molecule has 0 aliphatic carbocycles. The van der Waals surface area contributed by atoms with Crippen molar-refractivity contribution in [2.45, 2.75) is 18.6 Å². The number of halogens is 1. The Hall–Kier alpha value is -1.23. The average Bonchev–Trinajstić information content (AvgIpc) is 2.47. The molecule has 0 radical (unpaired) electrons. The molecular weight excluding hydrogens is 233 g/mol. The number of aliphatic hydroxyl groups is 1. The van der Waals surface area contributed by atoms with E-state index >= 15 is 0 Å². The number of aliphatic hydroxyl groups excluding tert-OH is 1. The highest BCUT2D eigenvalue weighted by Crippen LogP contribution is 2.24. The number of hydrogen-bond acceptors (Lipinski definition) is 3. The fraction of sp³-hybridized carbons (Fsp3) is 0.429. The molecule has 0 unspecified atom stereocenters. The lowest BCUT2D eigenvalue weighted by Crippen LogP contribution is -2.30. The molecule has 3 N–H and O–H groups in total. The Kier molecular flexibility index (Phi) is 4.47. The van der Waals surface area contributed by atoms with Gasteiger partial charge in [0.1, 0.15) is 6.67 Å². The van der Waals surface area contributed by atoms with Crippen LogP contribution in [0.2, 0.25) is 0 Å². The Bertz CT molecular complexity index is 416. The lowest BCUT2D eigenvalue weighted by molar-refractivity contribution is 0.132. The number of nitrogens with two attached hydrogens (primary N) is 1. The van der Waals surface area contributed by atoms with Gasteiger partial charge < -0.3 is 15.6 Å². The highest BCUT2D eigenvalue weighted by Gasteiger charge is 2.16. The molecule has 0 saturated heterocycles. The molecule has 2 atom stereocenters. The van der Waals surface area contributed by atoms with E-state index in [2.05, 4.69) is 6.08 Å². The molecule has 1 aromatic rings. The van der Waals surface area contributed by atoms with E-state index in [1.807, 2.05) is 12.1 Å². The molecule has 0 aromatic heterocycles. The van der Waals surface area contributed by atoms with Gasteiger partial charge in [-0.15, -0.1) is 0 Å². The zero-order valence-corrected chi connectivity index (χ0v) is 10.2. The maximum Gasteiger partial charge on any atom is 0.107 e. The summed E-state index contributed by atoms with van der Waals surface area (Å²) in [4.78, 5) is 0. The Balaban J connectivity index is 2.12. The third kappa shape index (κ3) is 2.96. The van der Waals surface area contributed by atoms with Crippen LogP contribution in [-0.4, -0.2) is 31.0 Å².